The van der Waals surface area contributed by atoms with Crippen molar-refractivity contribution in [1.29, 1.82) is 0 Å². The summed E-state index contributed by atoms with van der Waals surface area (Å²) in [5.74, 6) is 2.79. The molecule has 1 aliphatic rings. The molecule has 0 aromatic carbocycles. The van der Waals surface area contributed by atoms with Crippen molar-refractivity contribution in [2.24, 2.45) is 10.9 Å². The molecule has 0 saturated carbocycles. The van der Waals surface area contributed by atoms with Crippen LogP contribution in [0.1, 0.15) is 26.1 Å². The third-order valence-corrected chi connectivity index (χ3v) is 5.19. The quantitative estimate of drug-likeness (QED) is 0.549. The summed E-state index contributed by atoms with van der Waals surface area (Å²) in [6, 6.07) is 5.63. The molecule has 1 aliphatic heterocycles. The van der Waals surface area contributed by atoms with E-state index in [0.717, 1.165) is 32.1 Å². The molecule has 0 spiro atoms. The fraction of sp³-hybridized carbons (Fsp3) is 0.600. The van der Waals surface area contributed by atoms with Gasteiger partial charge in [0.15, 0.2) is 11.8 Å². The van der Waals surface area contributed by atoms with Gasteiger partial charge in [0.2, 0.25) is 0 Å². The number of aromatic nitrogens is 3. The minimum Gasteiger partial charge on any atom is -0.356 e. The standard InChI is InChI=1S/C20H31N7O/c1-4-26(5-2)14-16-10-13-27(15-16)20(21-3)23-12-9-18-24-19(28-25-18)17-8-6-7-11-22-17/h6-8,11,16H,4-5,9-10,12-15H2,1-3H3,(H,21,23). The van der Waals surface area contributed by atoms with Crippen LogP contribution < -0.4 is 5.32 Å². The SMILES string of the molecule is CCN(CC)CC1CCN(C(=NC)NCCc2noc(-c3ccccn3)n2)C1. The van der Waals surface area contributed by atoms with Crippen LogP contribution >= 0.6 is 0 Å². The van der Waals surface area contributed by atoms with Crippen LogP contribution in [0.3, 0.4) is 0 Å². The van der Waals surface area contributed by atoms with Crippen molar-refractivity contribution in [2.75, 3.05) is 46.3 Å². The third-order valence-electron chi connectivity index (χ3n) is 5.19. The van der Waals surface area contributed by atoms with Crippen LogP contribution in [-0.4, -0.2) is 77.2 Å². The molecular weight excluding hydrogens is 354 g/mol. The Kier molecular flexibility index (Phi) is 7.36. The van der Waals surface area contributed by atoms with Crippen LogP contribution in [0.2, 0.25) is 0 Å². The summed E-state index contributed by atoms with van der Waals surface area (Å²) in [5.41, 5.74) is 0.696. The van der Waals surface area contributed by atoms with E-state index in [2.05, 4.69) is 49.1 Å². The molecular formula is C20H31N7O. The first kappa shape index (κ1) is 20.3. The van der Waals surface area contributed by atoms with E-state index in [0.29, 0.717) is 36.3 Å². The van der Waals surface area contributed by atoms with Crippen molar-refractivity contribution in [3.05, 3.63) is 30.2 Å². The van der Waals surface area contributed by atoms with E-state index in [-0.39, 0.29) is 0 Å². The average molecular weight is 386 g/mol. The number of likely N-dealkylation sites (tertiary alicyclic amines) is 1. The van der Waals surface area contributed by atoms with Crippen LogP contribution in [0.25, 0.3) is 11.6 Å². The Morgan fingerprint density at radius 3 is 2.93 bits per heavy atom. The molecule has 8 nitrogen and oxygen atoms in total. The summed E-state index contributed by atoms with van der Waals surface area (Å²) in [6.07, 6.45) is 3.61. The molecule has 1 N–H and O–H groups in total. The van der Waals surface area contributed by atoms with E-state index in [9.17, 15) is 0 Å². The molecule has 0 radical (unpaired) electrons. The highest BCUT2D eigenvalue weighted by molar-refractivity contribution is 5.80. The topological polar surface area (TPSA) is 82.7 Å². The zero-order valence-electron chi connectivity index (χ0n) is 17.1. The molecule has 3 heterocycles. The Balaban J connectivity index is 1.46. The predicted molar refractivity (Wildman–Crippen MR) is 110 cm³/mol. The fourth-order valence-corrected chi connectivity index (χ4v) is 3.59. The first-order chi connectivity index (χ1) is 13.7. The van der Waals surface area contributed by atoms with E-state index in [1.807, 2.05) is 25.2 Å². The molecule has 0 amide bonds. The van der Waals surface area contributed by atoms with Crippen molar-refractivity contribution in [1.82, 2.24) is 30.2 Å². The first-order valence-electron chi connectivity index (χ1n) is 10.1. The van der Waals surface area contributed by atoms with Crippen molar-refractivity contribution in [3.8, 4) is 11.6 Å². The molecule has 1 unspecified atom stereocenters. The summed E-state index contributed by atoms with van der Waals surface area (Å²) in [7, 11) is 1.84. The van der Waals surface area contributed by atoms with E-state index in [1.165, 1.54) is 13.0 Å². The van der Waals surface area contributed by atoms with Gasteiger partial charge in [-0.1, -0.05) is 25.1 Å². The van der Waals surface area contributed by atoms with Crippen LogP contribution in [-0.2, 0) is 6.42 Å². The van der Waals surface area contributed by atoms with Gasteiger partial charge < -0.3 is 19.6 Å². The van der Waals surface area contributed by atoms with Crippen molar-refractivity contribution in [2.45, 2.75) is 26.7 Å². The third kappa shape index (κ3) is 5.28. The monoisotopic (exact) mass is 385 g/mol. The molecule has 0 aliphatic carbocycles. The van der Waals surface area contributed by atoms with Gasteiger partial charge in [-0.25, -0.2) is 0 Å². The Bertz CT molecular complexity index is 742. The van der Waals surface area contributed by atoms with Crippen molar-refractivity contribution >= 4 is 5.96 Å². The molecule has 2 aromatic heterocycles. The van der Waals surface area contributed by atoms with Crippen molar-refractivity contribution < 1.29 is 4.52 Å². The van der Waals surface area contributed by atoms with Gasteiger partial charge in [-0.05, 0) is 37.6 Å². The van der Waals surface area contributed by atoms with Gasteiger partial charge in [0.25, 0.3) is 5.89 Å². The minimum atomic E-state index is 0.457. The van der Waals surface area contributed by atoms with Crippen molar-refractivity contribution in [3.63, 3.8) is 0 Å². The molecule has 28 heavy (non-hydrogen) atoms. The van der Waals surface area contributed by atoms with E-state index < -0.39 is 0 Å². The largest absolute Gasteiger partial charge is 0.356 e. The lowest BCUT2D eigenvalue weighted by molar-refractivity contribution is 0.255. The lowest BCUT2D eigenvalue weighted by Crippen LogP contribution is -2.41. The zero-order valence-corrected chi connectivity index (χ0v) is 17.1. The van der Waals surface area contributed by atoms with Gasteiger partial charge >= 0.3 is 0 Å². The number of hydrogen-bond donors (Lipinski definition) is 1. The number of hydrogen-bond acceptors (Lipinski definition) is 6. The fourth-order valence-electron chi connectivity index (χ4n) is 3.59. The summed E-state index contributed by atoms with van der Waals surface area (Å²) in [5, 5.41) is 7.49. The number of guanidine groups is 1. The van der Waals surface area contributed by atoms with Gasteiger partial charge in [-0.2, -0.15) is 4.98 Å². The summed E-state index contributed by atoms with van der Waals surface area (Å²) in [4.78, 5) is 18.0. The highest BCUT2D eigenvalue weighted by Gasteiger charge is 2.25. The summed E-state index contributed by atoms with van der Waals surface area (Å²) >= 11 is 0. The van der Waals surface area contributed by atoms with Crippen LogP contribution in [0.5, 0.6) is 0 Å². The van der Waals surface area contributed by atoms with Gasteiger partial charge in [0.05, 0.1) is 0 Å². The zero-order chi connectivity index (χ0) is 19.8. The van der Waals surface area contributed by atoms with E-state index in [4.69, 9.17) is 4.52 Å². The highest BCUT2D eigenvalue weighted by atomic mass is 16.5. The van der Waals surface area contributed by atoms with Gasteiger partial charge in [-0.3, -0.25) is 9.98 Å². The highest BCUT2D eigenvalue weighted by Crippen LogP contribution is 2.18. The Hall–Kier alpha value is -2.48. The predicted octanol–water partition coefficient (Wildman–Crippen LogP) is 1.91. The number of pyridine rings is 1. The van der Waals surface area contributed by atoms with Gasteiger partial charge in [-0.15, -0.1) is 0 Å². The summed E-state index contributed by atoms with van der Waals surface area (Å²) < 4.78 is 5.31. The summed E-state index contributed by atoms with van der Waals surface area (Å²) in [6.45, 7) is 10.7. The lowest BCUT2D eigenvalue weighted by Gasteiger charge is -2.24. The second-order valence-electron chi connectivity index (χ2n) is 7.04. The molecule has 1 fully saturated rings. The Morgan fingerprint density at radius 1 is 1.36 bits per heavy atom. The van der Waals surface area contributed by atoms with Gasteiger partial charge in [0.1, 0.15) is 5.69 Å². The molecule has 3 rings (SSSR count). The van der Waals surface area contributed by atoms with Crippen LogP contribution in [0.4, 0.5) is 0 Å². The normalized spacial score (nSPS) is 17.5. The second-order valence-corrected chi connectivity index (χ2v) is 7.04. The average Bonchev–Trinajstić information content (AvgIpc) is 3.40. The molecule has 1 saturated heterocycles. The first-order valence-corrected chi connectivity index (χ1v) is 10.1. The smallest absolute Gasteiger partial charge is 0.276 e. The lowest BCUT2D eigenvalue weighted by atomic mass is 10.1. The number of rotatable bonds is 8. The maximum absolute atomic E-state index is 5.31. The van der Waals surface area contributed by atoms with Crippen LogP contribution in [0, 0.1) is 5.92 Å². The van der Waals surface area contributed by atoms with E-state index >= 15 is 0 Å². The number of nitrogens with one attached hydrogen (secondary N) is 1. The molecule has 1 atom stereocenters. The maximum atomic E-state index is 5.31. The van der Waals surface area contributed by atoms with E-state index in [1.54, 1.807) is 6.20 Å². The number of aliphatic imine (C=N–C) groups is 1. The Morgan fingerprint density at radius 2 is 2.21 bits per heavy atom. The molecule has 8 heteroatoms. The molecule has 152 valence electrons. The van der Waals surface area contributed by atoms with Gasteiger partial charge in [0, 0.05) is 45.8 Å². The minimum absolute atomic E-state index is 0.457. The molecule has 0 bridgehead atoms. The number of nitrogens with zero attached hydrogens (tertiary/aromatic N) is 6. The van der Waals surface area contributed by atoms with Crippen LogP contribution in [0.15, 0.2) is 33.9 Å². The molecule has 2 aromatic rings. The Labute approximate surface area is 167 Å². The maximum Gasteiger partial charge on any atom is 0.276 e. The second kappa shape index (κ2) is 10.2.